The molecule has 1 fully saturated rings. The number of anilines is 2. The van der Waals surface area contributed by atoms with Crippen LogP contribution in [0.5, 0.6) is 17.2 Å². The van der Waals surface area contributed by atoms with Crippen molar-refractivity contribution in [1.82, 2.24) is 0 Å². The van der Waals surface area contributed by atoms with E-state index in [1.54, 1.807) is 42.5 Å². The number of phenols is 1. The lowest BCUT2D eigenvalue weighted by atomic mass is 9.94. The molecule has 8 nitrogen and oxygen atoms in total. The molecule has 0 radical (unpaired) electrons. The molecule has 1 atom stereocenters. The number of aliphatic hydroxyl groups excluding tert-OH is 1. The van der Waals surface area contributed by atoms with Crippen LogP contribution >= 0.6 is 0 Å². The molecular weight excluding hydrogens is 472 g/mol. The summed E-state index contributed by atoms with van der Waals surface area (Å²) in [5.41, 5.74) is 2.09. The van der Waals surface area contributed by atoms with Crippen molar-refractivity contribution in [1.29, 1.82) is 0 Å². The normalized spacial score (nSPS) is 16.6. The molecule has 2 N–H and O–H groups in total. The van der Waals surface area contributed by atoms with Crippen molar-refractivity contribution in [2.24, 2.45) is 0 Å². The number of ether oxygens (including phenoxy) is 2. The second-order valence-corrected chi connectivity index (χ2v) is 8.52. The molecule has 0 aliphatic carbocycles. The number of benzene rings is 3. The fourth-order valence-corrected chi connectivity index (χ4v) is 4.66. The van der Waals surface area contributed by atoms with Crippen molar-refractivity contribution >= 4 is 28.8 Å². The fraction of sp³-hybridized carbons (Fsp3) is 0.241. The lowest BCUT2D eigenvalue weighted by Gasteiger charge is -2.27. The Kier molecular flexibility index (Phi) is 7.38. The standard InChI is InChI=1S/C29H30N2O6/c1-5-30(6-2)19-10-12-20(13-11-19)31-26(18-8-7-9-21(32)16-18)25(28(34)29(31)35)27(33)23-15-14-22(36-3)17-24(23)37-4/h7-17,26,32-33H,5-6H2,1-4H3/b27-25-. The SMILES string of the molecule is CCN(CC)c1ccc(N2C(=O)C(=O)/C(=C(\O)c3ccc(OC)cc3OC)C2c2cccc(O)c2)cc1. The number of Topliss-reactive ketones (excluding diaryl/α,β-unsaturated/α-hetero) is 1. The minimum absolute atomic E-state index is 0.0259. The lowest BCUT2D eigenvalue weighted by Crippen LogP contribution is -2.29. The van der Waals surface area contributed by atoms with Crippen LogP contribution in [0.4, 0.5) is 11.4 Å². The predicted octanol–water partition coefficient (Wildman–Crippen LogP) is 4.88. The zero-order valence-corrected chi connectivity index (χ0v) is 21.3. The number of hydrogen-bond acceptors (Lipinski definition) is 7. The van der Waals surface area contributed by atoms with Gasteiger partial charge in [-0.2, -0.15) is 0 Å². The maximum atomic E-state index is 13.4. The number of amides is 1. The summed E-state index contributed by atoms with van der Waals surface area (Å²) in [6.45, 7) is 5.78. The molecule has 8 heteroatoms. The predicted molar refractivity (Wildman–Crippen MR) is 142 cm³/mol. The van der Waals surface area contributed by atoms with Gasteiger partial charge in [0.2, 0.25) is 0 Å². The molecule has 3 aromatic rings. The van der Waals surface area contributed by atoms with Gasteiger partial charge in [-0.25, -0.2) is 0 Å². The van der Waals surface area contributed by atoms with Crippen LogP contribution in [0.1, 0.15) is 31.0 Å². The van der Waals surface area contributed by atoms with E-state index in [1.165, 1.54) is 31.3 Å². The first-order valence-electron chi connectivity index (χ1n) is 12.0. The summed E-state index contributed by atoms with van der Waals surface area (Å²) in [7, 11) is 2.95. The van der Waals surface area contributed by atoms with E-state index < -0.39 is 17.7 Å². The third-order valence-electron chi connectivity index (χ3n) is 6.55. The minimum Gasteiger partial charge on any atom is -0.508 e. The van der Waals surface area contributed by atoms with Crippen LogP contribution in [-0.2, 0) is 9.59 Å². The van der Waals surface area contributed by atoms with Gasteiger partial charge in [-0.3, -0.25) is 14.5 Å². The molecule has 1 amide bonds. The molecule has 0 bridgehead atoms. The van der Waals surface area contributed by atoms with E-state index in [-0.39, 0.29) is 28.4 Å². The molecule has 1 heterocycles. The molecule has 37 heavy (non-hydrogen) atoms. The highest BCUT2D eigenvalue weighted by atomic mass is 16.5. The van der Waals surface area contributed by atoms with E-state index >= 15 is 0 Å². The van der Waals surface area contributed by atoms with Crippen molar-refractivity contribution in [2.75, 3.05) is 37.1 Å². The van der Waals surface area contributed by atoms with Gasteiger partial charge in [-0.05, 0) is 67.9 Å². The van der Waals surface area contributed by atoms with E-state index in [4.69, 9.17) is 9.47 Å². The highest BCUT2D eigenvalue weighted by Gasteiger charge is 2.47. The Bertz CT molecular complexity index is 1340. The van der Waals surface area contributed by atoms with Gasteiger partial charge in [-0.1, -0.05) is 12.1 Å². The molecule has 0 aromatic heterocycles. The Morgan fingerprint density at radius 1 is 0.946 bits per heavy atom. The van der Waals surface area contributed by atoms with E-state index in [0.717, 1.165) is 18.8 Å². The van der Waals surface area contributed by atoms with Crippen molar-refractivity contribution < 1.29 is 29.3 Å². The van der Waals surface area contributed by atoms with Gasteiger partial charge in [0.15, 0.2) is 0 Å². The summed E-state index contributed by atoms with van der Waals surface area (Å²) in [5.74, 6) is -1.24. The van der Waals surface area contributed by atoms with E-state index in [9.17, 15) is 19.8 Å². The van der Waals surface area contributed by atoms with Crippen LogP contribution in [0, 0.1) is 0 Å². The number of methoxy groups -OCH3 is 2. The number of aromatic hydroxyl groups is 1. The molecule has 3 aromatic carbocycles. The van der Waals surface area contributed by atoms with Gasteiger partial charge in [0.05, 0.1) is 31.4 Å². The number of aliphatic hydroxyl groups is 1. The van der Waals surface area contributed by atoms with Crippen LogP contribution in [0.25, 0.3) is 5.76 Å². The fourth-order valence-electron chi connectivity index (χ4n) is 4.66. The summed E-state index contributed by atoms with van der Waals surface area (Å²) in [6.07, 6.45) is 0. The van der Waals surface area contributed by atoms with Gasteiger partial charge >= 0.3 is 0 Å². The Labute approximate surface area is 216 Å². The Morgan fingerprint density at radius 2 is 1.65 bits per heavy atom. The molecule has 4 rings (SSSR count). The largest absolute Gasteiger partial charge is 0.508 e. The molecule has 1 saturated heterocycles. The van der Waals surface area contributed by atoms with Gasteiger partial charge < -0.3 is 24.6 Å². The van der Waals surface area contributed by atoms with Crippen molar-refractivity contribution in [2.45, 2.75) is 19.9 Å². The number of rotatable bonds is 8. The summed E-state index contributed by atoms with van der Waals surface area (Å²) >= 11 is 0. The monoisotopic (exact) mass is 502 g/mol. The third-order valence-corrected chi connectivity index (χ3v) is 6.55. The van der Waals surface area contributed by atoms with Crippen LogP contribution in [0.15, 0.2) is 72.3 Å². The first-order valence-corrected chi connectivity index (χ1v) is 12.0. The number of ketones is 1. The second-order valence-electron chi connectivity index (χ2n) is 8.52. The number of nitrogens with zero attached hydrogens (tertiary/aromatic N) is 2. The average molecular weight is 503 g/mol. The molecule has 0 spiro atoms. The molecular formula is C29H30N2O6. The Morgan fingerprint density at radius 3 is 2.24 bits per heavy atom. The zero-order valence-electron chi connectivity index (χ0n) is 21.3. The molecule has 0 saturated carbocycles. The first-order chi connectivity index (χ1) is 17.8. The maximum absolute atomic E-state index is 13.4. The number of hydrogen-bond donors (Lipinski definition) is 2. The minimum atomic E-state index is -0.974. The van der Waals surface area contributed by atoms with E-state index in [1.807, 2.05) is 12.1 Å². The van der Waals surface area contributed by atoms with Gasteiger partial charge in [-0.15, -0.1) is 0 Å². The summed E-state index contributed by atoms with van der Waals surface area (Å²) in [4.78, 5) is 30.4. The topological polar surface area (TPSA) is 99.5 Å². The molecule has 1 aliphatic rings. The highest BCUT2D eigenvalue weighted by molar-refractivity contribution is 6.51. The second kappa shape index (κ2) is 10.7. The Balaban J connectivity index is 1.90. The summed E-state index contributed by atoms with van der Waals surface area (Å²) in [5, 5.41) is 21.6. The third kappa shape index (κ3) is 4.70. The van der Waals surface area contributed by atoms with Crippen LogP contribution in [0.3, 0.4) is 0 Å². The quantitative estimate of drug-likeness (QED) is 0.257. The average Bonchev–Trinajstić information content (AvgIpc) is 3.19. The maximum Gasteiger partial charge on any atom is 0.300 e. The molecule has 1 aliphatic heterocycles. The number of phenolic OH excluding ortho intramolecular Hbond substituents is 1. The first kappa shape index (κ1) is 25.6. The summed E-state index contributed by atoms with van der Waals surface area (Å²) in [6, 6.07) is 17.5. The highest BCUT2D eigenvalue weighted by Crippen LogP contribution is 2.44. The number of carbonyl (C=O) groups is 2. The van der Waals surface area contributed by atoms with Gasteiger partial charge in [0, 0.05) is 30.5 Å². The van der Waals surface area contributed by atoms with Crippen LogP contribution in [0.2, 0.25) is 0 Å². The lowest BCUT2D eigenvalue weighted by molar-refractivity contribution is -0.132. The van der Waals surface area contributed by atoms with Gasteiger partial charge in [0.25, 0.3) is 11.7 Å². The van der Waals surface area contributed by atoms with E-state index in [0.29, 0.717) is 17.0 Å². The number of carbonyl (C=O) groups excluding carboxylic acids is 2. The van der Waals surface area contributed by atoms with E-state index in [2.05, 4.69) is 18.7 Å². The van der Waals surface area contributed by atoms with Crippen molar-refractivity contribution in [3.63, 3.8) is 0 Å². The summed E-state index contributed by atoms with van der Waals surface area (Å²) < 4.78 is 10.7. The zero-order chi connectivity index (χ0) is 26.7. The Hall–Kier alpha value is -4.46. The van der Waals surface area contributed by atoms with Crippen molar-refractivity contribution in [3.8, 4) is 17.2 Å². The molecule has 192 valence electrons. The smallest absolute Gasteiger partial charge is 0.300 e. The van der Waals surface area contributed by atoms with Crippen LogP contribution in [-0.4, -0.2) is 49.2 Å². The van der Waals surface area contributed by atoms with Crippen LogP contribution < -0.4 is 19.3 Å². The molecule has 1 unspecified atom stereocenters. The van der Waals surface area contributed by atoms with Gasteiger partial charge in [0.1, 0.15) is 23.0 Å². The van der Waals surface area contributed by atoms with Crippen molar-refractivity contribution in [3.05, 3.63) is 83.4 Å².